The molecule has 3 nitrogen and oxygen atoms in total. The van der Waals surface area contributed by atoms with Crippen LogP contribution in [-0.4, -0.2) is 32.9 Å². The molecule has 0 saturated carbocycles. The fraction of sp³-hybridized carbons (Fsp3) is 0.500. The van der Waals surface area contributed by atoms with Crippen LogP contribution in [0, 0.1) is 5.92 Å². The van der Waals surface area contributed by atoms with Crippen LogP contribution in [0.2, 0.25) is 0 Å². The molecule has 0 N–H and O–H groups in total. The molecule has 100 valence electrons. The lowest BCUT2D eigenvalue weighted by molar-refractivity contribution is -0.145. The van der Waals surface area contributed by atoms with E-state index in [1.165, 1.54) is 12.0 Å². The summed E-state index contributed by atoms with van der Waals surface area (Å²) in [5.74, 6) is -0.203. The molecule has 4 heteroatoms. The lowest BCUT2D eigenvalue weighted by atomic mass is 10.1. The summed E-state index contributed by atoms with van der Waals surface area (Å²) in [4.78, 5) is 14.9. The van der Waals surface area contributed by atoms with Crippen LogP contribution in [0.3, 0.4) is 0 Å². The average molecular weight is 267 g/mol. The van der Waals surface area contributed by atoms with Crippen LogP contribution in [0.5, 0.6) is 0 Å². The van der Waals surface area contributed by atoms with Crippen molar-refractivity contribution < 1.29 is 9.53 Å². The Morgan fingerprint density at radius 1 is 1.39 bits per heavy atom. The number of anilines is 1. The van der Waals surface area contributed by atoms with Gasteiger partial charge in [0.1, 0.15) is 0 Å². The average Bonchev–Trinajstić information content (AvgIpc) is 2.43. The van der Waals surface area contributed by atoms with Gasteiger partial charge in [-0.25, -0.2) is 0 Å². The smallest absolute Gasteiger partial charge is 0.310 e. The van der Waals surface area contributed by atoms with Crippen molar-refractivity contribution in [2.24, 2.45) is 5.92 Å². The molecule has 1 atom stereocenters. The lowest BCUT2D eigenvalue weighted by Crippen LogP contribution is -2.30. The fourth-order valence-corrected chi connectivity index (χ4v) is 2.22. The van der Waals surface area contributed by atoms with Gasteiger partial charge in [0.2, 0.25) is 0 Å². The SMILES string of the molecule is CCC(CN(C)c1ccc(SC)cc1)C(=O)OC. The summed E-state index contributed by atoms with van der Waals surface area (Å²) < 4.78 is 4.81. The molecule has 1 unspecified atom stereocenters. The van der Waals surface area contributed by atoms with Crippen LogP contribution in [0.1, 0.15) is 13.3 Å². The van der Waals surface area contributed by atoms with E-state index in [0.717, 1.165) is 12.1 Å². The third-order valence-corrected chi connectivity index (χ3v) is 3.78. The predicted molar refractivity (Wildman–Crippen MR) is 77.3 cm³/mol. The summed E-state index contributed by atoms with van der Waals surface area (Å²) in [6, 6.07) is 8.34. The Morgan fingerprint density at radius 2 is 2.00 bits per heavy atom. The molecular formula is C14H21NO2S. The van der Waals surface area contributed by atoms with E-state index in [0.29, 0.717) is 6.54 Å². The molecule has 0 fully saturated rings. The number of methoxy groups -OCH3 is 1. The highest BCUT2D eigenvalue weighted by atomic mass is 32.2. The largest absolute Gasteiger partial charge is 0.469 e. The molecule has 0 aliphatic rings. The van der Waals surface area contributed by atoms with Crippen molar-refractivity contribution in [2.45, 2.75) is 18.2 Å². The molecule has 0 saturated heterocycles. The number of nitrogens with zero attached hydrogens (tertiary/aromatic N) is 1. The number of esters is 1. The summed E-state index contributed by atoms with van der Waals surface area (Å²) in [5, 5.41) is 0. The second-order valence-electron chi connectivity index (χ2n) is 4.21. The minimum absolute atomic E-state index is 0.0692. The van der Waals surface area contributed by atoms with Crippen molar-refractivity contribution in [1.29, 1.82) is 0 Å². The second-order valence-corrected chi connectivity index (χ2v) is 5.09. The topological polar surface area (TPSA) is 29.5 Å². The van der Waals surface area contributed by atoms with Gasteiger partial charge < -0.3 is 9.64 Å². The Balaban J connectivity index is 2.68. The number of hydrogen-bond donors (Lipinski definition) is 0. The number of carbonyl (C=O) groups is 1. The summed E-state index contributed by atoms with van der Waals surface area (Å²) in [7, 11) is 3.44. The van der Waals surface area contributed by atoms with Crippen LogP contribution < -0.4 is 4.90 Å². The van der Waals surface area contributed by atoms with Crippen molar-refractivity contribution in [3.05, 3.63) is 24.3 Å². The number of benzene rings is 1. The van der Waals surface area contributed by atoms with E-state index < -0.39 is 0 Å². The molecule has 0 aliphatic carbocycles. The normalized spacial score (nSPS) is 12.0. The molecule has 0 bridgehead atoms. The van der Waals surface area contributed by atoms with E-state index in [1.807, 2.05) is 14.0 Å². The van der Waals surface area contributed by atoms with E-state index in [2.05, 4.69) is 35.4 Å². The van der Waals surface area contributed by atoms with Gasteiger partial charge in [0.15, 0.2) is 0 Å². The second kappa shape index (κ2) is 7.31. The number of thioether (sulfide) groups is 1. The first kappa shape index (κ1) is 14.9. The van der Waals surface area contributed by atoms with Gasteiger partial charge in [-0.2, -0.15) is 0 Å². The minimum Gasteiger partial charge on any atom is -0.469 e. The first-order valence-electron chi connectivity index (χ1n) is 6.05. The molecule has 0 aromatic heterocycles. The molecule has 1 rings (SSSR count). The predicted octanol–water partition coefficient (Wildman–Crippen LogP) is 3.04. The monoisotopic (exact) mass is 267 g/mol. The van der Waals surface area contributed by atoms with Gasteiger partial charge >= 0.3 is 5.97 Å². The maximum Gasteiger partial charge on any atom is 0.310 e. The van der Waals surface area contributed by atoms with Crippen molar-refractivity contribution in [3.8, 4) is 0 Å². The van der Waals surface area contributed by atoms with Crippen molar-refractivity contribution in [1.82, 2.24) is 0 Å². The van der Waals surface area contributed by atoms with Gasteiger partial charge in [-0.15, -0.1) is 11.8 Å². The number of hydrogen-bond acceptors (Lipinski definition) is 4. The molecule has 0 amide bonds. The summed E-state index contributed by atoms with van der Waals surface area (Å²) in [5.41, 5.74) is 1.12. The van der Waals surface area contributed by atoms with Gasteiger partial charge in [0, 0.05) is 24.2 Å². The Labute approximate surface area is 114 Å². The molecule has 18 heavy (non-hydrogen) atoms. The highest BCUT2D eigenvalue weighted by molar-refractivity contribution is 7.98. The van der Waals surface area contributed by atoms with Gasteiger partial charge in [-0.1, -0.05) is 6.92 Å². The first-order chi connectivity index (χ1) is 8.62. The highest BCUT2D eigenvalue weighted by Crippen LogP contribution is 2.21. The summed E-state index contributed by atoms with van der Waals surface area (Å²) >= 11 is 1.72. The molecule has 0 spiro atoms. The van der Waals surface area contributed by atoms with Crippen molar-refractivity contribution >= 4 is 23.4 Å². The molecule has 1 aromatic carbocycles. The summed E-state index contributed by atoms with van der Waals surface area (Å²) in [6.07, 6.45) is 2.85. The quantitative estimate of drug-likeness (QED) is 0.585. The number of rotatable bonds is 6. The maximum atomic E-state index is 11.6. The zero-order valence-electron chi connectivity index (χ0n) is 11.5. The van der Waals surface area contributed by atoms with Gasteiger partial charge in [-0.3, -0.25) is 4.79 Å². The van der Waals surface area contributed by atoms with Crippen LogP contribution in [0.25, 0.3) is 0 Å². The van der Waals surface area contributed by atoms with E-state index in [1.54, 1.807) is 11.8 Å². The van der Waals surface area contributed by atoms with Crippen LogP contribution in [0.4, 0.5) is 5.69 Å². The third-order valence-electron chi connectivity index (χ3n) is 3.03. The Kier molecular flexibility index (Phi) is 6.05. The molecule has 0 radical (unpaired) electrons. The standard InChI is InChI=1S/C14H21NO2S/c1-5-11(14(16)17-3)10-15(2)12-6-8-13(18-4)9-7-12/h6-9,11H,5,10H2,1-4H3. The molecule has 0 heterocycles. The zero-order chi connectivity index (χ0) is 13.5. The molecule has 0 aliphatic heterocycles. The Morgan fingerprint density at radius 3 is 2.44 bits per heavy atom. The van der Waals surface area contributed by atoms with Crippen LogP contribution >= 0.6 is 11.8 Å². The van der Waals surface area contributed by atoms with E-state index in [9.17, 15) is 4.79 Å². The van der Waals surface area contributed by atoms with Crippen molar-refractivity contribution in [2.75, 3.05) is 31.9 Å². The zero-order valence-corrected chi connectivity index (χ0v) is 12.3. The van der Waals surface area contributed by atoms with E-state index >= 15 is 0 Å². The Bertz CT molecular complexity index is 378. The van der Waals surface area contributed by atoms with Crippen LogP contribution in [0.15, 0.2) is 29.2 Å². The fourth-order valence-electron chi connectivity index (χ4n) is 1.81. The van der Waals surface area contributed by atoms with Gasteiger partial charge in [-0.05, 0) is 36.9 Å². The molecular weight excluding hydrogens is 246 g/mol. The number of carbonyl (C=O) groups excluding carboxylic acids is 1. The number of ether oxygens (including phenoxy) is 1. The van der Waals surface area contributed by atoms with E-state index in [-0.39, 0.29) is 11.9 Å². The Hall–Kier alpha value is -1.16. The van der Waals surface area contributed by atoms with Crippen LogP contribution in [-0.2, 0) is 9.53 Å². The van der Waals surface area contributed by atoms with Gasteiger partial charge in [0.05, 0.1) is 13.0 Å². The lowest BCUT2D eigenvalue weighted by Gasteiger charge is -2.23. The minimum atomic E-state index is -0.134. The third kappa shape index (κ3) is 3.95. The van der Waals surface area contributed by atoms with Gasteiger partial charge in [0.25, 0.3) is 0 Å². The first-order valence-corrected chi connectivity index (χ1v) is 7.27. The van der Waals surface area contributed by atoms with Crippen molar-refractivity contribution in [3.63, 3.8) is 0 Å². The maximum absolute atomic E-state index is 11.6. The molecule has 1 aromatic rings. The highest BCUT2D eigenvalue weighted by Gasteiger charge is 2.19. The van der Waals surface area contributed by atoms with E-state index in [4.69, 9.17) is 4.74 Å². The summed E-state index contributed by atoms with van der Waals surface area (Å²) in [6.45, 7) is 2.69.